The molecular weight excluding hydrogens is 482 g/mol. The van der Waals surface area contributed by atoms with E-state index in [4.69, 9.17) is 0 Å². The maximum atomic E-state index is 13.5. The van der Waals surface area contributed by atoms with Gasteiger partial charge in [-0.3, -0.25) is 0 Å². The van der Waals surface area contributed by atoms with Gasteiger partial charge in [-0.15, -0.1) is 0 Å². The second kappa shape index (κ2) is 8.90. The third-order valence-electron chi connectivity index (χ3n) is 7.76. The number of nitrogens with zero attached hydrogens (tertiary/aromatic N) is 4. The van der Waals surface area contributed by atoms with Gasteiger partial charge in [0, 0.05) is 25.0 Å². The largest absolute Gasteiger partial charge is 0.302 e. The lowest BCUT2D eigenvalue weighted by atomic mass is 9.68. The molecule has 0 spiro atoms. The fourth-order valence-electron chi connectivity index (χ4n) is 5.96. The second-order valence-corrected chi connectivity index (χ2v) is 12.0. The third-order valence-corrected chi connectivity index (χ3v) is 9.62. The summed E-state index contributed by atoms with van der Waals surface area (Å²) in [5, 5.41) is 4.61. The zero-order valence-electron chi connectivity index (χ0n) is 19.9. The minimum Gasteiger partial charge on any atom is -0.302 e. The first kappa shape index (κ1) is 23.5. The molecule has 0 bridgehead atoms. The minimum absolute atomic E-state index is 0.119. The van der Waals surface area contributed by atoms with Crippen molar-refractivity contribution in [3.05, 3.63) is 83.2 Å². The summed E-state index contributed by atoms with van der Waals surface area (Å²) in [6.07, 6.45) is 7.63. The SMILES string of the molecule is O=S(=O)(c1ccc(F)cc1)N1CCC2=Cc3c(cnn3-c3ccc(F)cc3)C[C@]2(CN2CCCC2)C1. The molecule has 2 aromatic carbocycles. The van der Waals surface area contributed by atoms with Crippen LogP contribution in [0.2, 0.25) is 0 Å². The molecule has 0 radical (unpaired) electrons. The molecule has 188 valence electrons. The molecule has 1 atom stereocenters. The van der Waals surface area contributed by atoms with E-state index in [1.165, 1.54) is 42.0 Å². The quantitative estimate of drug-likeness (QED) is 0.515. The third kappa shape index (κ3) is 4.09. The first-order chi connectivity index (χ1) is 17.3. The fraction of sp³-hybridized carbons (Fsp3) is 0.370. The van der Waals surface area contributed by atoms with E-state index in [1.807, 2.05) is 10.9 Å². The van der Waals surface area contributed by atoms with Crippen LogP contribution in [-0.4, -0.2) is 60.1 Å². The van der Waals surface area contributed by atoms with Gasteiger partial charge in [0.2, 0.25) is 10.0 Å². The summed E-state index contributed by atoms with van der Waals surface area (Å²) in [6, 6.07) is 11.4. The van der Waals surface area contributed by atoms with Gasteiger partial charge in [0.15, 0.2) is 0 Å². The van der Waals surface area contributed by atoms with E-state index in [1.54, 1.807) is 16.4 Å². The van der Waals surface area contributed by atoms with E-state index in [-0.39, 0.29) is 16.1 Å². The Balaban J connectivity index is 1.37. The Kier molecular flexibility index (Phi) is 5.81. The highest BCUT2D eigenvalue weighted by Crippen LogP contribution is 2.46. The van der Waals surface area contributed by atoms with Gasteiger partial charge in [-0.1, -0.05) is 5.57 Å². The van der Waals surface area contributed by atoms with Crippen LogP contribution in [0.15, 0.2) is 65.2 Å². The van der Waals surface area contributed by atoms with Crippen LogP contribution in [0.25, 0.3) is 11.8 Å². The van der Waals surface area contributed by atoms with Crippen molar-refractivity contribution in [2.75, 3.05) is 32.7 Å². The van der Waals surface area contributed by atoms with E-state index >= 15 is 0 Å². The smallest absolute Gasteiger partial charge is 0.243 e. The highest BCUT2D eigenvalue weighted by atomic mass is 32.2. The molecule has 0 N–H and O–H groups in total. The number of benzene rings is 2. The standard InChI is InChI=1S/C27H28F2N4O2S/c28-22-3-7-24(8-4-22)33-26-15-21-11-14-32(36(34,35)25-9-5-23(29)6-10-25)19-27(21,16-20(26)17-30-33)18-31-12-1-2-13-31/h3-10,15,17H,1-2,11-14,16,18-19H2/t27-/m0/s1. The van der Waals surface area contributed by atoms with E-state index in [0.29, 0.717) is 25.9 Å². The van der Waals surface area contributed by atoms with Crippen LogP contribution in [0.5, 0.6) is 0 Å². The van der Waals surface area contributed by atoms with Crippen LogP contribution in [0.1, 0.15) is 30.5 Å². The summed E-state index contributed by atoms with van der Waals surface area (Å²) >= 11 is 0. The number of fused-ring (bicyclic) bond motifs is 2. The molecule has 36 heavy (non-hydrogen) atoms. The van der Waals surface area contributed by atoms with Crippen LogP contribution >= 0.6 is 0 Å². The number of rotatable bonds is 5. The van der Waals surface area contributed by atoms with Crippen LogP contribution in [0.3, 0.4) is 0 Å². The summed E-state index contributed by atoms with van der Waals surface area (Å²) in [7, 11) is -3.76. The molecule has 6 nitrogen and oxygen atoms in total. The van der Waals surface area contributed by atoms with Crippen molar-refractivity contribution in [2.24, 2.45) is 5.41 Å². The van der Waals surface area contributed by atoms with E-state index < -0.39 is 15.8 Å². The highest BCUT2D eigenvalue weighted by molar-refractivity contribution is 7.89. The van der Waals surface area contributed by atoms with E-state index in [2.05, 4.69) is 16.1 Å². The van der Waals surface area contributed by atoms with Crippen molar-refractivity contribution < 1.29 is 17.2 Å². The van der Waals surface area contributed by atoms with Gasteiger partial charge in [0.05, 0.1) is 22.5 Å². The maximum absolute atomic E-state index is 13.5. The Labute approximate surface area is 209 Å². The number of sulfonamides is 1. The molecule has 6 rings (SSSR count). The fourth-order valence-corrected chi connectivity index (χ4v) is 7.49. The monoisotopic (exact) mass is 510 g/mol. The summed E-state index contributed by atoms with van der Waals surface area (Å²) in [5.41, 5.74) is 3.69. The van der Waals surface area contributed by atoms with Gasteiger partial charge in [-0.2, -0.15) is 9.40 Å². The zero-order valence-corrected chi connectivity index (χ0v) is 20.7. The average Bonchev–Trinajstić information content (AvgIpc) is 3.52. The number of hydrogen-bond donors (Lipinski definition) is 0. The maximum Gasteiger partial charge on any atom is 0.243 e. The number of aromatic nitrogens is 2. The van der Waals surface area contributed by atoms with Gasteiger partial charge in [0.25, 0.3) is 0 Å². The van der Waals surface area contributed by atoms with Crippen molar-refractivity contribution in [1.29, 1.82) is 0 Å². The summed E-state index contributed by atoms with van der Waals surface area (Å²) in [4.78, 5) is 2.56. The molecule has 3 heterocycles. The predicted molar refractivity (Wildman–Crippen MR) is 133 cm³/mol. The Morgan fingerprint density at radius 3 is 2.28 bits per heavy atom. The topological polar surface area (TPSA) is 58.4 Å². The molecule has 0 amide bonds. The first-order valence-corrected chi connectivity index (χ1v) is 13.8. The molecule has 9 heteroatoms. The Morgan fingerprint density at radius 2 is 1.58 bits per heavy atom. The molecule has 2 saturated heterocycles. The normalized spacial score (nSPS) is 22.8. The van der Waals surface area contributed by atoms with Crippen molar-refractivity contribution in [3.8, 4) is 5.69 Å². The Morgan fingerprint density at radius 1 is 0.917 bits per heavy atom. The van der Waals surface area contributed by atoms with Gasteiger partial charge in [0.1, 0.15) is 11.6 Å². The van der Waals surface area contributed by atoms with Crippen LogP contribution in [0.4, 0.5) is 8.78 Å². The molecule has 2 fully saturated rings. The predicted octanol–water partition coefficient (Wildman–Crippen LogP) is 4.27. The number of likely N-dealkylation sites (tertiary alicyclic amines) is 1. The molecule has 3 aliphatic rings. The number of halogens is 2. The first-order valence-electron chi connectivity index (χ1n) is 12.4. The van der Waals surface area contributed by atoms with Gasteiger partial charge in [-0.05, 0) is 98.9 Å². The lowest BCUT2D eigenvalue weighted by molar-refractivity contribution is 0.145. The van der Waals surface area contributed by atoms with Crippen molar-refractivity contribution in [1.82, 2.24) is 19.0 Å². The van der Waals surface area contributed by atoms with Crippen molar-refractivity contribution in [3.63, 3.8) is 0 Å². The lowest BCUT2D eigenvalue weighted by Crippen LogP contribution is -2.53. The summed E-state index contributed by atoms with van der Waals surface area (Å²) in [6.45, 7) is 3.56. The summed E-state index contributed by atoms with van der Waals surface area (Å²) in [5.74, 6) is -0.751. The minimum atomic E-state index is -3.76. The highest BCUT2D eigenvalue weighted by Gasteiger charge is 2.47. The van der Waals surface area contributed by atoms with Gasteiger partial charge >= 0.3 is 0 Å². The molecular formula is C27H28F2N4O2S. The zero-order chi connectivity index (χ0) is 24.9. The van der Waals surface area contributed by atoms with E-state index in [9.17, 15) is 17.2 Å². The average molecular weight is 511 g/mol. The molecule has 0 saturated carbocycles. The molecule has 3 aromatic rings. The molecule has 1 aliphatic carbocycles. The Bertz CT molecular complexity index is 1410. The van der Waals surface area contributed by atoms with E-state index in [0.717, 1.165) is 49.4 Å². The lowest BCUT2D eigenvalue weighted by Gasteiger charge is -2.47. The second-order valence-electron chi connectivity index (χ2n) is 10.1. The molecule has 0 unspecified atom stereocenters. The van der Waals surface area contributed by atoms with Gasteiger partial charge in [-0.25, -0.2) is 21.9 Å². The van der Waals surface area contributed by atoms with Crippen LogP contribution in [0, 0.1) is 17.0 Å². The van der Waals surface area contributed by atoms with Crippen molar-refractivity contribution >= 4 is 16.1 Å². The molecule has 1 aromatic heterocycles. The van der Waals surface area contributed by atoms with Gasteiger partial charge < -0.3 is 4.90 Å². The number of piperidine rings is 1. The molecule has 2 aliphatic heterocycles. The van der Waals surface area contributed by atoms with Crippen LogP contribution < -0.4 is 0 Å². The number of hydrogen-bond acceptors (Lipinski definition) is 4. The Hall–Kier alpha value is -2.88. The summed E-state index contributed by atoms with van der Waals surface area (Å²) < 4.78 is 57.4. The van der Waals surface area contributed by atoms with Crippen LogP contribution in [-0.2, 0) is 16.4 Å². The van der Waals surface area contributed by atoms with Crippen molar-refractivity contribution in [2.45, 2.75) is 30.6 Å².